The van der Waals surface area contributed by atoms with Gasteiger partial charge in [0.1, 0.15) is 23.7 Å². The van der Waals surface area contributed by atoms with Crippen LogP contribution in [0, 0.1) is 11.6 Å². The fourth-order valence-electron chi connectivity index (χ4n) is 3.61. The molecule has 0 bridgehead atoms. The van der Waals surface area contributed by atoms with Gasteiger partial charge in [-0.05, 0) is 24.3 Å². The van der Waals surface area contributed by atoms with E-state index in [4.69, 9.17) is 11.6 Å². The molecule has 1 aromatic heterocycles. The molecule has 2 heterocycles. The molecule has 9 heteroatoms. The summed E-state index contributed by atoms with van der Waals surface area (Å²) in [4.78, 5) is 23.6. The molecule has 0 unspecified atom stereocenters. The van der Waals surface area contributed by atoms with Gasteiger partial charge in [0.2, 0.25) is 5.91 Å². The van der Waals surface area contributed by atoms with Gasteiger partial charge in [0.05, 0.1) is 21.5 Å². The van der Waals surface area contributed by atoms with E-state index in [-0.39, 0.29) is 38.7 Å². The minimum atomic E-state index is -0.799. The summed E-state index contributed by atoms with van der Waals surface area (Å²) < 4.78 is 29.7. The Hall–Kier alpha value is -3.26. The van der Waals surface area contributed by atoms with Crippen molar-refractivity contribution in [1.29, 1.82) is 0 Å². The van der Waals surface area contributed by atoms with E-state index in [1.165, 1.54) is 30.6 Å². The third-order valence-corrected chi connectivity index (χ3v) is 5.48. The van der Waals surface area contributed by atoms with Gasteiger partial charge >= 0.3 is 0 Å². The second-order valence-corrected chi connectivity index (χ2v) is 7.17. The number of aromatic nitrogens is 2. The van der Waals surface area contributed by atoms with Crippen molar-refractivity contribution >= 4 is 34.2 Å². The highest BCUT2D eigenvalue weighted by Gasteiger charge is 2.26. The lowest BCUT2D eigenvalue weighted by molar-refractivity contribution is -0.126. The maximum Gasteiger partial charge on any atom is 0.246 e. The van der Waals surface area contributed by atoms with Gasteiger partial charge in [0.25, 0.3) is 0 Å². The van der Waals surface area contributed by atoms with Crippen LogP contribution >= 0.6 is 11.6 Å². The van der Waals surface area contributed by atoms with Crippen LogP contribution < -0.4 is 4.90 Å². The number of amides is 1. The number of phenols is 1. The number of fused-ring (bicyclic) bond motifs is 1. The summed E-state index contributed by atoms with van der Waals surface area (Å²) in [7, 11) is 0. The molecule has 1 saturated heterocycles. The molecule has 0 spiro atoms. The second-order valence-electron chi connectivity index (χ2n) is 6.79. The zero-order valence-corrected chi connectivity index (χ0v) is 16.5. The summed E-state index contributed by atoms with van der Waals surface area (Å²) in [6, 6.07) is 5.23. The Morgan fingerprint density at radius 3 is 2.60 bits per heavy atom. The third kappa shape index (κ3) is 3.33. The van der Waals surface area contributed by atoms with Crippen molar-refractivity contribution < 1.29 is 18.7 Å². The van der Waals surface area contributed by atoms with E-state index in [9.17, 15) is 14.3 Å². The van der Waals surface area contributed by atoms with Crippen molar-refractivity contribution in [2.75, 3.05) is 31.1 Å². The first-order valence-corrected chi connectivity index (χ1v) is 9.57. The van der Waals surface area contributed by atoms with Crippen LogP contribution in [0.15, 0.2) is 43.2 Å². The first-order valence-electron chi connectivity index (χ1n) is 9.19. The second kappa shape index (κ2) is 7.87. The Balaban J connectivity index is 1.79. The van der Waals surface area contributed by atoms with Crippen molar-refractivity contribution in [3.63, 3.8) is 0 Å². The molecule has 0 radical (unpaired) electrons. The largest absolute Gasteiger partial charge is 0.507 e. The summed E-state index contributed by atoms with van der Waals surface area (Å²) in [5.74, 6) is -1.70. The Labute approximate surface area is 176 Å². The first-order chi connectivity index (χ1) is 14.4. The molecule has 1 amide bonds. The van der Waals surface area contributed by atoms with Crippen molar-refractivity contribution in [2.24, 2.45) is 0 Å². The van der Waals surface area contributed by atoms with E-state index in [0.29, 0.717) is 32.0 Å². The number of aromatic hydroxyl groups is 1. The van der Waals surface area contributed by atoms with Gasteiger partial charge in [-0.1, -0.05) is 24.2 Å². The number of phenolic OH excluding ortho intramolecular Hbond substituents is 1. The van der Waals surface area contributed by atoms with Crippen LogP contribution in [0.5, 0.6) is 5.75 Å². The van der Waals surface area contributed by atoms with Crippen LogP contribution in [0.2, 0.25) is 5.02 Å². The number of anilines is 1. The monoisotopic (exact) mass is 430 g/mol. The zero-order valence-electron chi connectivity index (χ0n) is 15.8. The average Bonchev–Trinajstić information content (AvgIpc) is 2.76. The molecule has 1 fully saturated rings. The number of benzene rings is 2. The SMILES string of the molecule is C=CC(=O)N1CCN(c2ncnc3cc(-c4c(O)cccc4F)c(Cl)c(F)c23)CC1. The quantitative estimate of drug-likeness (QED) is 0.640. The van der Waals surface area contributed by atoms with Crippen LogP contribution in [0.3, 0.4) is 0 Å². The van der Waals surface area contributed by atoms with Gasteiger partial charge in [-0.15, -0.1) is 0 Å². The standard InChI is InChI=1S/C21H17ClF2N4O2/c1-2-16(30)27-6-8-28(9-7-27)21-18-14(25-11-26-21)10-12(19(22)20(18)24)17-13(23)4-3-5-15(17)29/h2-5,10-11,29H,1,6-9H2. The lowest BCUT2D eigenvalue weighted by Crippen LogP contribution is -2.48. The number of hydrogen-bond acceptors (Lipinski definition) is 5. The topological polar surface area (TPSA) is 69.6 Å². The maximum atomic E-state index is 15.4. The highest BCUT2D eigenvalue weighted by molar-refractivity contribution is 6.34. The Morgan fingerprint density at radius 1 is 1.20 bits per heavy atom. The van der Waals surface area contributed by atoms with E-state index >= 15 is 4.39 Å². The molecule has 1 aliphatic heterocycles. The van der Waals surface area contributed by atoms with E-state index in [1.807, 2.05) is 4.90 Å². The number of carbonyl (C=O) groups is 1. The Morgan fingerprint density at radius 2 is 1.93 bits per heavy atom. The zero-order chi connectivity index (χ0) is 21.4. The smallest absolute Gasteiger partial charge is 0.246 e. The van der Waals surface area contributed by atoms with Gasteiger partial charge in [0, 0.05) is 31.7 Å². The molecule has 1 aliphatic rings. The predicted octanol–water partition coefficient (Wildman–Crippen LogP) is 3.77. The van der Waals surface area contributed by atoms with Gasteiger partial charge in [0.15, 0.2) is 5.82 Å². The molecule has 1 N–H and O–H groups in total. The molecule has 0 saturated carbocycles. The third-order valence-electron chi connectivity index (χ3n) is 5.11. The van der Waals surface area contributed by atoms with E-state index in [0.717, 1.165) is 6.07 Å². The number of rotatable bonds is 3. The van der Waals surface area contributed by atoms with Crippen LogP contribution in [0.4, 0.5) is 14.6 Å². The van der Waals surface area contributed by atoms with E-state index < -0.39 is 11.6 Å². The van der Waals surface area contributed by atoms with Gasteiger partial charge in [-0.2, -0.15) is 0 Å². The maximum absolute atomic E-state index is 15.4. The van der Waals surface area contributed by atoms with E-state index in [2.05, 4.69) is 16.5 Å². The fourth-order valence-corrected chi connectivity index (χ4v) is 3.85. The van der Waals surface area contributed by atoms with Gasteiger partial charge in [-0.25, -0.2) is 18.7 Å². The lowest BCUT2D eigenvalue weighted by Gasteiger charge is -2.35. The van der Waals surface area contributed by atoms with Crippen LogP contribution in [-0.4, -0.2) is 52.1 Å². The number of halogens is 3. The summed E-state index contributed by atoms with van der Waals surface area (Å²) in [6.45, 7) is 5.25. The fraction of sp³-hybridized carbons (Fsp3) is 0.190. The molecule has 6 nitrogen and oxygen atoms in total. The number of hydrogen-bond donors (Lipinski definition) is 1. The molecule has 154 valence electrons. The molecular weight excluding hydrogens is 414 g/mol. The molecule has 0 aliphatic carbocycles. The minimum absolute atomic E-state index is 0.00307. The van der Waals surface area contributed by atoms with Gasteiger partial charge in [-0.3, -0.25) is 4.79 Å². The number of carbonyl (C=O) groups excluding carboxylic acids is 1. The van der Waals surface area contributed by atoms with Crippen molar-refractivity contribution in [3.8, 4) is 16.9 Å². The highest BCUT2D eigenvalue weighted by atomic mass is 35.5. The molecule has 0 atom stereocenters. The molecule has 3 aromatic rings. The summed E-state index contributed by atoms with van der Waals surface area (Å²) in [6.07, 6.45) is 2.55. The molecule has 30 heavy (non-hydrogen) atoms. The summed E-state index contributed by atoms with van der Waals surface area (Å²) in [5, 5.41) is 9.85. The average molecular weight is 431 g/mol. The summed E-state index contributed by atoms with van der Waals surface area (Å²) >= 11 is 6.25. The normalized spacial score (nSPS) is 14.2. The Kier molecular flexibility index (Phi) is 5.26. The highest BCUT2D eigenvalue weighted by Crippen LogP contribution is 2.41. The van der Waals surface area contributed by atoms with Crippen molar-refractivity contribution in [1.82, 2.24) is 14.9 Å². The summed E-state index contributed by atoms with van der Waals surface area (Å²) in [5.41, 5.74) is 0.0347. The van der Waals surface area contributed by atoms with Crippen molar-refractivity contribution in [2.45, 2.75) is 0 Å². The number of piperazine rings is 1. The van der Waals surface area contributed by atoms with Crippen LogP contribution in [-0.2, 0) is 4.79 Å². The van der Waals surface area contributed by atoms with Crippen LogP contribution in [0.1, 0.15) is 0 Å². The van der Waals surface area contributed by atoms with Crippen LogP contribution in [0.25, 0.3) is 22.0 Å². The molecular formula is C21H17ClF2N4O2. The Bertz CT molecular complexity index is 1140. The van der Waals surface area contributed by atoms with Gasteiger partial charge < -0.3 is 14.9 Å². The molecule has 4 rings (SSSR count). The lowest BCUT2D eigenvalue weighted by atomic mass is 10.0. The minimum Gasteiger partial charge on any atom is -0.507 e. The molecule has 2 aromatic carbocycles. The predicted molar refractivity (Wildman–Crippen MR) is 111 cm³/mol. The van der Waals surface area contributed by atoms with Crippen molar-refractivity contribution in [3.05, 3.63) is 59.9 Å². The number of nitrogens with zero attached hydrogens (tertiary/aromatic N) is 4. The van der Waals surface area contributed by atoms with E-state index in [1.54, 1.807) is 4.90 Å². The first kappa shape index (κ1) is 20.0.